The highest BCUT2D eigenvalue weighted by molar-refractivity contribution is 9.10. The molecule has 1 aromatic heterocycles. The molecule has 1 heterocycles. The first-order valence-corrected chi connectivity index (χ1v) is 5.94. The average Bonchev–Trinajstić information content (AvgIpc) is 2.46. The van der Waals surface area contributed by atoms with Crippen LogP contribution in [0.3, 0.4) is 0 Å². The predicted molar refractivity (Wildman–Crippen MR) is 63.5 cm³/mol. The lowest BCUT2D eigenvalue weighted by atomic mass is 10.1. The fraction of sp³-hybridized carbons (Fsp3) is 0.111. The molecule has 0 amide bonds. The van der Waals surface area contributed by atoms with E-state index in [2.05, 4.69) is 21.3 Å². The summed E-state index contributed by atoms with van der Waals surface area (Å²) in [5.74, 6) is 0.497. The maximum absolute atomic E-state index is 5.83. The first-order chi connectivity index (χ1) is 6.22. The molecule has 2 rings (SSSR count). The van der Waals surface area contributed by atoms with Crippen molar-refractivity contribution in [3.63, 3.8) is 0 Å². The highest BCUT2D eigenvalue weighted by Gasteiger charge is 2.07. The Kier molecular flexibility index (Phi) is 2.49. The summed E-state index contributed by atoms with van der Waals surface area (Å²) in [6, 6.07) is 3.90. The largest absolute Gasteiger partial charge is 0.399 e. The zero-order valence-electron chi connectivity index (χ0n) is 6.68. The molecule has 1 aromatic carbocycles. The molecule has 4 heteroatoms. The number of nitrogens with two attached hydrogens (primary N) is 1. The molecule has 0 saturated carbocycles. The van der Waals surface area contributed by atoms with Crippen LogP contribution in [-0.4, -0.2) is 0 Å². The molecule has 0 aliphatic rings. The van der Waals surface area contributed by atoms with Gasteiger partial charge in [-0.15, -0.1) is 22.9 Å². The Morgan fingerprint density at radius 2 is 2.23 bits per heavy atom. The van der Waals surface area contributed by atoms with Crippen molar-refractivity contribution < 1.29 is 0 Å². The number of hydrogen-bond donors (Lipinski definition) is 1. The minimum atomic E-state index is 0.497. The van der Waals surface area contributed by atoms with Gasteiger partial charge in [0, 0.05) is 31.5 Å². The number of alkyl halides is 1. The van der Waals surface area contributed by atoms with Crippen molar-refractivity contribution in [3.05, 3.63) is 27.5 Å². The Morgan fingerprint density at radius 1 is 1.46 bits per heavy atom. The van der Waals surface area contributed by atoms with Crippen LogP contribution in [0.5, 0.6) is 0 Å². The number of anilines is 1. The Labute approximate surface area is 93.6 Å². The van der Waals surface area contributed by atoms with E-state index in [1.165, 1.54) is 10.1 Å². The summed E-state index contributed by atoms with van der Waals surface area (Å²) in [5.41, 5.74) is 7.61. The van der Waals surface area contributed by atoms with Crippen LogP contribution in [0.15, 0.2) is 22.0 Å². The molecule has 0 fully saturated rings. The maximum atomic E-state index is 5.83. The monoisotopic (exact) mass is 275 g/mol. The number of benzene rings is 1. The highest BCUT2D eigenvalue weighted by Crippen LogP contribution is 2.35. The second kappa shape index (κ2) is 3.48. The van der Waals surface area contributed by atoms with Crippen molar-refractivity contribution in [1.29, 1.82) is 0 Å². The normalized spacial score (nSPS) is 10.9. The molecule has 2 aromatic rings. The highest BCUT2D eigenvalue weighted by atomic mass is 79.9. The summed E-state index contributed by atoms with van der Waals surface area (Å²) in [6.07, 6.45) is 0. The van der Waals surface area contributed by atoms with Gasteiger partial charge in [0.05, 0.1) is 0 Å². The zero-order valence-corrected chi connectivity index (χ0v) is 9.84. The predicted octanol–water partition coefficient (Wildman–Crippen LogP) is 3.98. The van der Waals surface area contributed by atoms with Crippen LogP contribution in [0.1, 0.15) is 5.56 Å². The summed E-state index contributed by atoms with van der Waals surface area (Å²) < 4.78 is 2.28. The van der Waals surface area contributed by atoms with E-state index in [1.807, 2.05) is 12.1 Å². The van der Waals surface area contributed by atoms with Gasteiger partial charge >= 0.3 is 0 Å². The maximum Gasteiger partial charge on any atom is 0.0481 e. The van der Waals surface area contributed by atoms with E-state index in [0.29, 0.717) is 5.88 Å². The van der Waals surface area contributed by atoms with Gasteiger partial charge in [-0.2, -0.15) is 0 Å². The van der Waals surface area contributed by atoms with E-state index in [9.17, 15) is 0 Å². The topological polar surface area (TPSA) is 26.0 Å². The van der Waals surface area contributed by atoms with Crippen LogP contribution in [0.4, 0.5) is 5.69 Å². The van der Waals surface area contributed by atoms with Crippen LogP contribution in [-0.2, 0) is 5.88 Å². The van der Waals surface area contributed by atoms with Crippen molar-refractivity contribution in [2.75, 3.05) is 5.73 Å². The lowest BCUT2D eigenvalue weighted by molar-refractivity contribution is 1.46. The SMILES string of the molecule is Nc1cc(CCl)c2c(Br)csc2c1. The van der Waals surface area contributed by atoms with Gasteiger partial charge in [0.25, 0.3) is 0 Å². The zero-order chi connectivity index (χ0) is 9.42. The molecule has 0 unspecified atom stereocenters. The molecule has 0 aliphatic heterocycles. The third-order valence-corrected chi connectivity index (χ3v) is 4.02. The fourth-order valence-corrected chi connectivity index (χ4v) is 3.34. The second-order valence-corrected chi connectivity index (χ2v) is 4.80. The first kappa shape index (κ1) is 9.31. The summed E-state index contributed by atoms with van der Waals surface area (Å²) >= 11 is 11.0. The standard InChI is InChI=1S/C9H7BrClNS/c10-7-4-13-8-2-6(12)1-5(3-11)9(7)8/h1-2,4H,3,12H2. The molecule has 0 atom stereocenters. The van der Waals surface area contributed by atoms with E-state index >= 15 is 0 Å². The van der Waals surface area contributed by atoms with Gasteiger partial charge in [0.15, 0.2) is 0 Å². The first-order valence-electron chi connectivity index (χ1n) is 3.73. The van der Waals surface area contributed by atoms with Gasteiger partial charge in [0.1, 0.15) is 0 Å². The molecule has 0 aliphatic carbocycles. The van der Waals surface area contributed by atoms with Crippen LogP contribution < -0.4 is 5.73 Å². The third-order valence-electron chi connectivity index (χ3n) is 1.88. The van der Waals surface area contributed by atoms with Gasteiger partial charge in [-0.1, -0.05) is 0 Å². The Morgan fingerprint density at radius 3 is 2.92 bits per heavy atom. The van der Waals surface area contributed by atoms with Crippen molar-refractivity contribution in [2.45, 2.75) is 5.88 Å². The summed E-state index contributed by atoms with van der Waals surface area (Å²) in [5, 5.41) is 3.24. The average molecular weight is 277 g/mol. The molecule has 0 spiro atoms. The molecule has 0 saturated heterocycles. The molecule has 0 radical (unpaired) electrons. The van der Waals surface area contributed by atoms with Gasteiger partial charge in [-0.3, -0.25) is 0 Å². The molecular formula is C9H7BrClNS. The third kappa shape index (κ3) is 1.56. The summed E-state index contributed by atoms with van der Waals surface area (Å²) in [4.78, 5) is 0. The van der Waals surface area contributed by atoms with E-state index in [4.69, 9.17) is 17.3 Å². The smallest absolute Gasteiger partial charge is 0.0481 e. The fourth-order valence-electron chi connectivity index (χ4n) is 1.34. The molecule has 1 nitrogen and oxygen atoms in total. The van der Waals surface area contributed by atoms with Crippen molar-refractivity contribution in [3.8, 4) is 0 Å². The second-order valence-electron chi connectivity index (χ2n) is 2.77. The molecule has 2 N–H and O–H groups in total. The van der Waals surface area contributed by atoms with Crippen LogP contribution in [0.25, 0.3) is 10.1 Å². The Hall–Kier alpha value is -0.250. The molecular weight excluding hydrogens is 270 g/mol. The van der Waals surface area contributed by atoms with Crippen molar-refractivity contribution >= 4 is 54.6 Å². The van der Waals surface area contributed by atoms with Gasteiger partial charge < -0.3 is 5.73 Å². The quantitative estimate of drug-likeness (QED) is 0.619. The van der Waals surface area contributed by atoms with Crippen LogP contribution >= 0.6 is 38.9 Å². The van der Waals surface area contributed by atoms with E-state index in [-0.39, 0.29) is 0 Å². The summed E-state index contributed by atoms with van der Waals surface area (Å²) in [6.45, 7) is 0. The van der Waals surface area contributed by atoms with E-state index in [0.717, 1.165) is 15.7 Å². The molecule has 13 heavy (non-hydrogen) atoms. The van der Waals surface area contributed by atoms with Crippen LogP contribution in [0, 0.1) is 0 Å². The van der Waals surface area contributed by atoms with E-state index in [1.54, 1.807) is 11.3 Å². The number of nitrogen functional groups attached to an aromatic ring is 1. The number of halogens is 2. The number of thiophene rings is 1. The lowest BCUT2D eigenvalue weighted by Gasteiger charge is -2.01. The van der Waals surface area contributed by atoms with E-state index < -0.39 is 0 Å². The van der Waals surface area contributed by atoms with Crippen molar-refractivity contribution in [2.24, 2.45) is 0 Å². The number of fused-ring (bicyclic) bond motifs is 1. The molecule has 0 bridgehead atoms. The lowest BCUT2D eigenvalue weighted by Crippen LogP contribution is -1.87. The van der Waals surface area contributed by atoms with Gasteiger partial charge in [0.2, 0.25) is 0 Å². The van der Waals surface area contributed by atoms with Crippen molar-refractivity contribution in [1.82, 2.24) is 0 Å². The Balaban J connectivity index is 2.85. The van der Waals surface area contributed by atoms with Gasteiger partial charge in [-0.05, 0) is 33.6 Å². The van der Waals surface area contributed by atoms with Crippen LogP contribution in [0.2, 0.25) is 0 Å². The minimum absolute atomic E-state index is 0.497. The van der Waals surface area contributed by atoms with Gasteiger partial charge in [-0.25, -0.2) is 0 Å². The molecule has 68 valence electrons. The Bertz CT molecular complexity index is 452. The minimum Gasteiger partial charge on any atom is -0.399 e. The number of rotatable bonds is 1. The number of hydrogen-bond acceptors (Lipinski definition) is 2. The summed E-state index contributed by atoms with van der Waals surface area (Å²) in [7, 11) is 0.